The fourth-order valence-electron chi connectivity index (χ4n) is 3.45. The molecule has 2 aromatic rings. The molecule has 5 nitrogen and oxygen atoms in total. The zero-order valence-corrected chi connectivity index (χ0v) is 14.9. The number of piperidine rings is 1. The number of likely N-dealkylation sites (tertiary alicyclic amines) is 1. The maximum Gasteiger partial charge on any atom is 0.246 e. The Morgan fingerprint density at radius 1 is 1.29 bits per heavy atom. The summed E-state index contributed by atoms with van der Waals surface area (Å²) in [5.74, 6) is 1.66. The first kappa shape index (κ1) is 16.6. The van der Waals surface area contributed by atoms with E-state index in [1.807, 2.05) is 42.4 Å². The van der Waals surface area contributed by atoms with Gasteiger partial charge in [-0.3, -0.25) is 9.36 Å². The predicted molar refractivity (Wildman–Crippen MR) is 94.1 cm³/mol. The van der Waals surface area contributed by atoms with Crippen molar-refractivity contribution in [3.05, 3.63) is 40.9 Å². The van der Waals surface area contributed by atoms with Gasteiger partial charge in [0.15, 0.2) is 5.82 Å². The molecule has 1 amide bonds. The third-order valence-electron chi connectivity index (χ3n) is 4.81. The standard InChI is InChI=1S/C19H25N3O2/c1-13-7-5-6-10-21(13)19(23)9-8-17-11-14(2)22(16(17)4)18-12-15(3)24-20-18/h8-9,11-13H,5-7,10H2,1-4H3/b9-8+. The van der Waals surface area contributed by atoms with Crippen LogP contribution in [-0.4, -0.2) is 33.1 Å². The third-order valence-corrected chi connectivity index (χ3v) is 4.81. The van der Waals surface area contributed by atoms with Crippen molar-refractivity contribution in [2.75, 3.05) is 6.54 Å². The highest BCUT2D eigenvalue weighted by molar-refractivity contribution is 5.92. The van der Waals surface area contributed by atoms with Crippen LogP contribution in [0.5, 0.6) is 0 Å². The number of nitrogens with zero attached hydrogens (tertiary/aromatic N) is 3. The Morgan fingerprint density at radius 2 is 2.08 bits per heavy atom. The molecule has 0 spiro atoms. The lowest BCUT2D eigenvalue weighted by Gasteiger charge is -2.32. The molecule has 0 bridgehead atoms. The van der Waals surface area contributed by atoms with Gasteiger partial charge in [-0.25, -0.2) is 0 Å². The number of rotatable bonds is 3. The molecule has 0 N–H and O–H groups in total. The number of aromatic nitrogens is 2. The van der Waals surface area contributed by atoms with Gasteiger partial charge in [-0.15, -0.1) is 0 Å². The van der Waals surface area contributed by atoms with Gasteiger partial charge in [-0.2, -0.15) is 0 Å². The Kier molecular flexibility index (Phi) is 4.60. The van der Waals surface area contributed by atoms with Gasteiger partial charge in [-0.1, -0.05) is 5.16 Å². The van der Waals surface area contributed by atoms with Crippen LogP contribution in [0.4, 0.5) is 0 Å². The Bertz CT molecular complexity index is 770. The number of hydrogen-bond acceptors (Lipinski definition) is 3. The molecular weight excluding hydrogens is 302 g/mol. The topological polar surface area (TPSA) is 51.3 Å². The molecule has 0 aromatic carbocycles. The monoisotopic (exact) mass is 327 g/mol. The molecule has 24 heavy (non-hydrogen) atoms. The van der Waals surface area contributed by atoms with E-state index >= 15 is 0 Å². The van der Waals surface area contributed by atoms with Crippen LogP contribution in [0.2, 0.25) is 0 Å². The summed E-state index contributed by atoms with van der Waals surface area (Å²) >= 11 is 0. The van der Waals surface area contributed by atoms with E-state index in [0.29, 0.717) is 6.04 Å². The molecule has 0 saturated carbocycles. The Morgan fingerprint density at radius 3 is 2.75 bits per heavy atom. The van der Waals surface area contributed by atoms with E-state index in [1.165, 1.54) is 6.42 Å². The zero-order valence-electron chi connectivity index (χ0n) is 14.9. The molecule has 0 aliphatic carbocycles. The van der Waals surface area contributed by atoms with Gasteiger partial charge >= 0.3 is 0 Å². The molecular formula is C19H25N3O2. The molecule has 1 aliphatic heterocycles. The lowest BCUT2D eigenvalue weighted by Crippen LogP contribution is -2.41. The minimum absolute atomic E-state index is 0.101. The quantitative estimate of drug-likeness (QED) is 0.806. The second-order valence-corrected chi connectivity index (χ2v) is 6.67. The van der Waals surface area contributed by atoms with Crippen molar-refractivity contribution in [3.63, 3.8) is 0 Å². The normalized spacial score (nSPS) is 18.5. The van der Waals surface area contributed by atoms with Crippen LogP contribution in [0.1, 0.15) is 48.9 Å². The van der Waals surface area contributed by atoms with Gasteiger partial charge in [0.2, 0.25) is 5.91 Å². The second kappa shape index (κ2) is 6.67. The van der Waals surface area contributed by atoms with Gasteiger partial charge in [0.1, 0.15) is 5.76 Å². The van der Waals surface area contributed by atoms with Crippen molar-refractivity contribution >= 4 is 12.0 Å². The third kappa shape index (κ3) is 3.16. The van der Waals surface area contributed by atoms with Crippen molar-refractivity contribution in [2.45, 2.75) is 53.0 Å². The van der Waals surface area contributed by atoms with Crippen molar-refractivity contribution in [2.24, 2.45) is 0 Å². The minimum Gasteiger partial charge on any atom is -0.360 e. The van der Waals surface area contributed by atoms with Gasteiger partial charge in [0.05, 0.1) is 0 Å². The summed E-state index contributed by atoms with van der Waals surface area (Å²) in [6.45, 7) is 8.93. The fraction of sp³-hybridized carbons (Fsp3) is 0.474. The van der Waals surface area contributed by atoms with Crippen LogP contribution in [0.3, 0.4) is 0 Å². The highest BCUT2D eigenvalue weighted by Crippen LogP contribution is 2.22. The average molecular weight is 327 g/mol. The highest BCUT2D eigenvalue weighted by Gasteiger charge is 2.21. The van der Waals surface area contributed by atoms with Gasteiger partial charge in [0, 0.05) is 36.1 Å². The maximum absolute atomic E-state index is 12.5. The molecule has 1 aliphatic rings. The Labute approximate surface area is 142 Å². The van der Waals surface area contributed by atoms with E-state index in [4.69, 9.17) is 4.52 Å². The van der Waals surface area contributed by atoms with E-state index in [9.17, 15) is 4.79 Å². The smallest absolute Gasteiger partial charge is 0.246 e. The van der Waals surface area contributed by atoms with Crippen LogP contribution in [0.25, 0.3) is 11.9 Å². The van der Waals surface area contributed by atoms with Crippen LogP contribution in [-0.2, 0) is 4.79 Å². The molecule has 1 fully saturated rings. The molecule has 1 atom stereocenters. The number of carbonyl (C=O) groups excluding carboxylic acids is 1. The number of carbonyl (C=O) groups is 1. The van der Waals surface area contributed by atoms with Crippen LogP contribution < -0.4 is 0 Å². The first-order valence-electron chi connectivity index (χ1n) is 8.58. The van der Waals surface area contributed by atoms with Gasteiger partial charge in [-0.05, 0) is 64.7 Å². The van der Waals surface area contributed by atoms with Gasteiger partial charge < -0.3 is 9.42 Å². The lowest BCUT2D eigenvalue weighted by molar-refractivity contribution is -0.129. The minimum atomic E-state index is 0.101. The second-order valence-electron chi connectivity index (χ2n) is 6.67. The summed E-state index contributed by atoms with van der Waals surface area (Å²) in [6, 6.07) is 4.32. The summed E-state index contributed by atoms with van der Waals surface area (Å²) in [5.41, 5.74) is 3.15. The fourth-order valence-corrected chi connectivity index (χ4v) is 3.45. The molecule has 1 unspecified atom stereocenters. The number of amides is 1. The van der Waals surface area contributed by atoms with Crippen molar-refractivity contribution in [3.8, 4) is 5.82 Å². The molecule has 0 radical (unpaired) electrons. The summed E-state index contributed by atoms with van der Waals surface area (Å²) in [6.07, 6.45) is 7.02. The molecule has 1 saturated heterocycles. The van der Waals surface area contributed by atoms with E-state index in [2.05, 4.69) is 18.1 Å². The molecule has 128 valence electrons. The summed E-state index contributed by atoms with van der Waals surface area (Å²) < 4.78 is 7.22. The molecule has 5 heteroatoms. The predicted octanol–water partition coefficient (Wildman–Crippen LogP) is 3.80. The lowest BCUT2D eigenvalue weighted by atomic mass is 10.0. The largest absolute Gasteiger partial charge is 0.360 e. The van der Waals surface area contributed by atoms with Crippen molar-refractivity contribution in [1.29, 1.82) is 0 Å². The zero-order chi connectivity index (χ0) is 17.3. The number of hydrogen-bond donors (Lipinski definition) is 0. The van der Waals surface area contributed by atoms with Gasteiger partial charge in [0.25, 0.3) is 0 Å². The number of aryl methyl sites for hydroxylation is 2. The Balaban J connectivity index is 1.82. The van der Waals surface area contributed by atoms with E-state index in [-0.39, 0.29) is 5.91 Å². The Hall–Kier alpha value is -2.30. The summed E-state index contributed by atoms with van der Waals surface area (Å²) in [4.78, 5) is 14.4. The maximum atomic E-state index is 12.5. The van der Waals surface area contributed by atoms with E-state index in [1.54, 1.807) is 6.08 Å². The average Bonchev–Trinajstić information content (AvgIpc) is 3.08. The molecule has 2 aromatic heterocycles. The van der Waals surface area contributed by atoms with Crippen LogP contribution in [0.15, 0.2) is 22.7 Å². The van der Waals surface area contributed by atoms with Crippen LogP contribution in [0, 0.1) is 20.8 Å². The molecule has 3 rings (SSSR count). The summed E-state index contributed by atoms with van der Waals surface area (Å²) in [7, 11) is 0. The van der Waals surface area contributed by atoms with Crippen molar-refractivity contribution < 1.29 is 9.32 Å². The molecule has 3 heterocycles. The first-order valence-corrected chi connectivity index (χ1v) is 8.58. The van der Waals surface area contributed by atoms with E-state index < -0.39 is 0 Å². The SMILES string of the molecule is Cc1cc(-n2c(C)cc(/C=C/C(=O)N3CCCCC3C)c2C)no1. The van der Waals surface area contributed by atoms with Crippen LogP contribution >= 0.6 is 0 Å². The van der Waals surface area contributed by atoms with Crippen molar-refractivity contribution in [1.82, 2.24) is 14.6 Å². The van der Waals surface area contributed by atoms with E-state index in [0.717, 1.165) is 47.9 Å². The first-order chi connectivity index (χ1) is 11.5. The summed E-state index contributed by atoms with van der Waals surface area (Å²) in [5, 5.41) is 4.09. The highest BCUT2D eigenvalue weighted by atomic mass is 16.5.